The highest BCUT2D eigenvalue weighted by molar-refractivity contribution is 6.44. The Morgan fingerprint density at radius 1 is 0.946 bits per heavy atom. The number of fused-ring (bicyclic) bond motifs is 1. The summed E-state index contributed by atoms with van der Waals surface area (Å²) in [5.74, 6) is -2.10. The minimum Gasteiger partial charge on any atom is -0.480 e. The highest BCUT2D eigenvalue weighted by atomic mass is 35.5. The van der Waals surface area contributed by atoms with Crippen molar-refractivity contribution in [2.75, 3.05) is 5.32 Å². The average molecular weight is 562 g/mol. The van der Waals surface area contributed by atoms with Gasteiger partial charge in [-0.25, -0.2) is 4.79 Å². The summed E-state index contributed by atoms with van der Waals surface area (Å²) in [6.45, 7) is 1.91. The van der Waals surface area contributed by atoms with Crippen molar-refractivity contribution >= 4 is 69.0 Å². The lowest BCUT2D eigenvalue weighted by molar-refractivity contribution is -0.143. The summed E-state index contributed by atoms with van der Waals surface area (Å²) >= 11 is 18.6. The second-order valence-corrected chi connectivity index (χ2v) is 10.9. The van der Waals surface area contributed by atoms with Gasteiger partial charge in [0, 0.05) is 10.6 Å². The van der Waals surface area contributed by atoms with Crippen molar-refractivity contribution in [3.05, 3.63) is 74.7 Å². The molecule has 3 aromatic carbocycles. The van der Waals surface area contributed by atoms with Gasteiger partial charge in [0.2, 0.25) is 5.91 Å². The van der Waals surface area contributed by atoms with Crippen molar-refractivity contribution in [3.63, 3.8) is 0 Å². The van der Waals surface area contributed by atoms with Gasteiger partial charge in [0.15, 0.2) is 0 Å². The molecule has 1 aliphatic rings. The summed E-state index contributed by atoms with van der Waals surface area (Å²) in [6.07, 6.45) is 4.16. The SMILES string of the molecule is CC1([C@H](NC(=O)c2cc3ccccc3cc2NC(=O)Cc2c(Cl)ccc(Cl)c2Cl)C(=O)O)CCCCC1. The molecular formula is C28H27Cl3N2O4. The second kappa shape index (κ2) is 11.3. The van der Waals surface area contributed by atoms with E-state index in [0.29, 0.717) is 23.4 Å². The van der Waals surface area contributed by atoms with E-state index in [-0.39, 0.29) is 27.7 Å². The average Bonchev–Trinajstić information content (AvgIpc) is 2.87. The van der Waals surface area contributed by atoms with Gasteiger partial charge < -0.3 is 15.7 Å². The van der Waals surface area contributed by atoms with Crippen LogP contribution in [0.4, 0.5) is 5.69 Å². The minimum atomic E-state index is -1.07. The molecule has 1 fully saturated rings. The smallest absolute Gasteiger partial charge is 0.326 e. The van der Waals surface area contributed by atoms with E-state index in [9.17, 15) is 19.5 Å². The number of aliphatic carboxylic acids is 1. The van der Waals surface area contributed by atoms with E-state index in [4.69, 9.17) is 34.8 Å². The molecule has 3 N–H and O–H groups in total. The molecular weight excluding hydrogens is 535 g/mol. The standard InChI is InChI=1S/C28H27Cl3N2O4/c1-28(11-5-2-6-12-28)25(27(36)37)33-26(35)19-13-16-7-3-4-8-17(16)14-22(19)32-23(34)15-18-20(29)9-10-21(30)24(18)31/h3-4,7-10,13-14,25H,2,5-6,11-12,15H2,1H3,(H,32,34)(H,33,35)(H,36,37)/t25-/m1/s1. The van der Waals surface area contributed by atoms with Gasteiger partial charge in [0.25, 0.3) is 5.91 Å². The largest absolute Gasteiger partial charge is 0.480 e. The fraction of sp³-hybridized carbons (Fsp3) is 0.321. The van der Waals surface area contributed by atoms with Crippen LogP contribution in [0.25, 0.3) is 10.8 Å². The molecule has 6 nitrogen and oxygen atoms in total. The zero-order chi connectivity index (χ0) is 26.7. The molecule has 0 aromatic heterocycles. The van der Waals surface area contributed by atoms with Crippen molar-refractivity contribution < 1.29 is 19.5 Å². The van der Waals surface area contributed by atoms with E-state index >= 15 is 0 Å². The van der Waals surface area contributed by atoms with Gasteiger partial charge in [-0.1, -0.05) is 85.3 Å². The molecule has 0 heterocycles. The first kappa shape index (κ1) is 27.2. The third kappa shape index (κ3) is 6.03. The van der Waals surface area contributed by atoms with Crippen LogP contribution in [0.2, 0.25) is 15.1 Å². The molecule has 1 aliphatic carbocycles. The quantitative estimate of drug-likeness (QED) is 0.267. The van der Waals surface area contributed by atoms with E-state index in [1.165, 1.54) is 0 Å². The molecule has 0 bridgehead atoms. The Labute approximate surface area is 230 Å². The summed E-state index contributed by atoms with van der Waals surface area (Å²) in [6, 6.07) is 12.8. The van der Waals surface area contributed by atoms with E-state index in [0.717, 1.165) is 30.0 Å². The second-order valence-electron chi connectivity index (χ2n) is 9.75. The highest BCUT2D eigenvalue weighted by Crippen LogP contribution is 2.39. The molecule has 2 amide bonds. The number of carboxylic acid groups (broad SMARTS) is 1. The van der Waals surface area contributed by atoms with Gasteiger partial charge >= 0.3 is 5.97 Å². The predicted octanol–water partition coefficient (Wildman–Crippen LogP) is 7.13. The van der Waals surface area contributed by atoms with E-state index in [1.54, 1.807) is 24.3 Å². The molecule has 0 radical (unpaired) electrons. The molecule has 9 heteroatoms. The fourth-order valence-electron chi connectivity index (χ4n) is 5.01. The van der Waals surface area contributed by atoms with Crippen LogP contribution in [0.1, 0.15) is 54.9 Å². The van der Waals surface area contributed by atoms with Crippen molar-refractivity contribution in [1.82, 2.24) is 5.32 Å². The van der Waals surface area contributed by atoms with Gasteiger partial charge in [-0.2, -0.15) is 0 Å². The Morgan fingerprint density at radius 2 is 1.57 bits per heavy atom. The van der Waals surface area contributed by atoms with Crippen molar-refractivity contribution in [2.24, 2.45) is 5.41 Å². The third-order valence-electron chi connectivity index (χ3n) is 7.10. The van der Waals surface area contributed by atoms with Crippen molar-refractivity contribution in [2.45, 2.75) is 51.5 Å². The maximum absolute atomic E-state index is 13.5. The topological polar surface area (TPSA) is 95.5 Å². The Hall–Kier alpha value is -2.80. The number of halogens is 3. The molecule has 194 valence electrons. The molecule has 3 aromatic rings. The monoisotopic (exact) mass is 560 g/mol. The summed E-state index contributed by atoms with van der Waals surface area (Å²) in [7, 11) is 0. The van der Waals surface area contributed by atoms with Crippen LogP contribution in [0.5, 0.6) is 0 Å². The lowest BCUT2D eigenvalue weighted by Gasteiger charge is -2.38. The Morgan fingerprint density at radius 3 is 2.22 bits per heavy atom. The number of hydrogen-bond donors (Lipinski definition) is 3. The van der Waals surface area contributed by atoms with E-state index < -0.39 is 29.2 Å². The molecule has 4 rings (SSSR count). The van der Waals surface area contributed by atoms with Gasteiger partial charge in [-0.3, -0.25) is 9.59 Å². The third-order valence-corrected chi connectivity index (χ3v) is 8.29. The van der Waals surface area contributed by atoms with Crippen LogP contribution >= 0.6 is 34.8 Å². The zero-order valence-corrected chi connectivity index (χ0v) is 22.5. The number of benzene rings is 3. The van der Waals surface area contributed by atoms with Gasteiger partial charge in [0.05, 0.1) is 27.7 Å². The number of carbonyl (C=O) groups excluding carboxylic acids is 2. The number of carbonyl (C=O) groups is 3. The first-order valence-corrected chi connectivity index (χ1v) is 13.2. The van der Waals surface area contributed by atoms with Crippen LogP contribution in [-0.2, 0) is 16.0 Å². The maximum Gasteiger partial charge on any atom is 0.326 e. The number of anilines is 1. The van der Waals surface area contributed by atoms with Crippen molar-refractivity contribution in [1.29, 1.82) is 0 Å². The molecule has 0 aliphatic heterocycles. The molecule has 1 saturated carbocycles. The van der Waals surface area contributed by atoms with Gasteiger partial charge in [0.1, 0.15) is 6.04 Å². The number of carboxylic acids is 1. The Kier molecular flexibility index (Phi) is 8.32. The van der Waals surface area contributed by atoms with Crippen LogP contribution in [0.15, 0.2) is 48.5 Å². The Bertz CT molecular complexity index is 1370. The minimum absolute atomic E-state index is 0.165. The molecule has 1 atom stereocenters. The zero-order valence-electron chi connectivity index (χ0n) is 20.2. The summed E-state index contributed by atoms with van der Waals surface area (Å²) in [4.78, 5) is 38.8. The Balaban J connectivity index is 1.66. The number of nitrogens with one attached hydrogen (secondary N) is 2. The number of hydrogen-bond acceptors (Lipinski definition) is 3. The molecule has 0 unspecified atom stereocenters. The predicted molar refractivity (Wildman–Crippen MR) is 148 cm³/mol. The van der Waals surface area contributed by atoms with Crippen LogP contribution in [-0.4, -0.2) is 28.9 Å². The van der Waals surface area contributed by atoms with Crippen LogP contribution in [0.3, 0.4) is 0 Å². The summed E-state index contributed by atoms with van der Waals surface area (Å²) < 4.78 is 0. The summed E-state index contributed by atoms with van der Waals surface area (Å²) in [5, 5.41) is 17.9. The first-order valence-electron chi connectivity index (χ1n) is 12.1. The number of amides is 2. The van der Waals surface area contributed by atoms with Crippen molar-refractivity contribution in [3.8, 4) is 0 Å². The molecule has 0 spiro atoms. The van der Waals surface area contributed by atoms with Gasteiger partial charge in [-0.05, 0) is 53.3 Å². The fourth-order valence-corrected chi connectivity index (χ4v) is 5.69. The van der Waals surface area contributed by atoms with Gasteiger partial charge in [-0.15, -0.1) is 0 Å². The van der Waals surface area contributed by atoms with Crippen LogP contribution in [0, 0.1) is 5.41 Å². The number of rotatable bonds is 7. The lowest BCUT2D eigenvalue weighted by Crippen LogP contribution is -2.52. The van der Waals surface area contributed by atoms with E-state index in [1.807, 2.05) is 31.2 Å². The van der Waals surface area contributed by atoms with E-state index in [2.05, 4.69) is 10.6 Å². The highest BCUT2D eigenvalue weighted by Gasteiger charge is 2.41. The van der Waals surface area contributed by atoms with Crippen LogP contribution < -0.4 is 10.6 Å². The molecule has 37 heavy (non-hydrogen) atoms. The molecule has 0 saturated heterocycles. The maximum atomic E-state index is 13.5. The first-order chi connectivity index (χ1) is 17.6. The lowest BCUT2D eigenvalue weighted by atomic mass is 9.70. The summed E-state index contributed by atoms with van der Waals surface area (Å²) in [5.41, 5.74) is 0.241. The normalized spacial score (nSPS) is 15.7.